The summed E-state index contributed by atoms with van der Waals surface area (Å²) in [6, 6.07) is 5.93. The summed E-state index contributed by atoms with van der Waals surface area (Å²) in [7, 11) is 0. The van der Waals surface area contributed by atoms with Crippen molar-refractivity contribution >= 4 is 17.2 Å². The van der Waals surface area contributed by atoms with E-state index >= 15 is 0 Å². The van der Waals surface area contributed by atoms with Crippen LogP contribution in [-0.2, 0) is 11.2 Å². The number of nitrogens with zero attached hydrogens (tertiary/aromatic N) is 2. The average Bonchev–Trinajstić information content (AvgIpc) is 2.66. The molecule has 0 aliphatic heterocycles. The van der Waals surface area contributed by atoms with Gasteiger partial charge in [0.05, 0.1) is 6.42 Å². The van der Waals surface area contributed by atoms with Crippen molar-refractivity contribution in [2.75, 3.05) is 0 Å². The lowest BCUT2D eigenvalue weighted by atomic mass is 10.2. The van der Waals surface area contributed by atoms with Gasteiger partial charge in [-0.1, -0.05) is 11.3 Å². The molecule has 16 heavy (non-hydrogen) atoms. The number of amides is 1. The molecule has 0 bridgehead atoms. The normalized spacial score (nSPS) is 10.3. The fourth-order valence-electron chi connectivity index (χ4n) is 1.18. The van der Waals surface area contributed by atoms with Crippen LogP contribution in [-0.4, -0.2) is 16.1 Å². The Morgan fingerprint density at radius 2 is 2.00 bits per heavy atom. The molecule has 0 aliphatic rings. The Morgan fingerprint density at radius 1 is 1.31 bits per heavy atom. The largest absolute Gasteiger partial charge is 0.369 e. The van der Waals surface area contributed by atoms with Crippen LogP contribution in [0.4, 0.5) is 4.39 Å². The van der Waals surface area contributed by atoms with Crippen LogP contribution in [0.15, 0.2) is 24.3 Å². The molecule has 2 rings (SSSR count). The summed E-state index contributed by atoms with van der Waals surface area (Å²) >= 11 is 1.27. The van der Waals surface area contributed by atoms with Gasteiger partial charge >= 0.3 is 0 Å². The maximum atomic E-state index is 12.7. The van der Waals surface area contributed by atoms with Gasteiger partial charge in [-0.2, -0.15) is 0 Å². The molecular formula is C10H8FN3OS. The van der Waals surface area contributed by atoms with E-state index in [0.717, 1.165) is 5.56 Å². The Kier molecular flexibility index (Phi) is 2.91. The Balaban J connectivity index is 2.24. The van der Waals surface area contributed by atoms with Crippen molar-refractivity contribution in [3.8, 4) is 10.6 Å². The lowest BCUT2D eigenvalue weighted by molar-refractivity contribution is -0.117. The molecule has 0 unspecified atom stereocenters. The van der Waals surface area contributed by atoms with Crippen molar-refractivity contribution in [2.45, 2.75) is 6.42 Å². The number of nitrogens with two attached hydrogens (primary N) is 1. The molecule has 0 atom stereocenters. The topological polar surface area (TPSA) is 68.9 Å². The molecule has 2 aromatic rings. The van der Waals surface area contributed by atoms with Gasteiger partial charge in [0.25, 0.3) is 0 Å². The number of rotatable bonds is 3. The smallest absolute Gasteiger partial charge is 0.224 e. The van der Waals surface area contributed by atoms with Crippen LogP contribution >= 0.6 is 11.3 Å². The predicted molar refractivity (Wildman–Crippen MR) is 58.2 cm³/mol. The van der Waals surface area contributed by atoms with Crippen molar-refractivity contribution in [3.05, 3.63) is 35.1 Å². The molecule has 1 heterocycles. The van der Waals surface area contributed by atoms with E-state index in [9.17, 15) is 9.18 Å². The molecule has 1 amide bonds. The summed E-state index contributed by atoms with van der Waals surface area (Å²) in [6.45, 7) is 0. The highest BCUT2D eigenvalue weighted by Crippen LogP contribution is 2.23. The van der Waals surface area contributed by atoms with Gasteiger partial charge in [0.1, 0.15) is 15.8 Å². The van der Waals surface area contributed by atoms with Crippen molar-refractivity contribution in [1.29, 1.82) is 0 Å². The van der Waals surface area contributed by atoms with E-state index in [1.54, 1.807) is 12.1 Å². The molecule has 0 saturated carbocycles. The summed E-state index contributed by atoms with van der Waals surface area (Å²) in [5.74, 6) is -0.743. The molecule has 82 valence electrons. The van der Waals surface area contributed by atoms with Crippen LogP contribution in [0.5, 0.6) is 0 Å². The minimum Gasteiger partial charge on any atom is -0.369 e. The van der Waals surface area contributed by atoms with Gasteiger partial charge in [-0.05, 0) is 24.3 Å². The molecule has 4 nitrogen and oxygen atoms in total. The second-order valence-electron chi connectivity index (χ2n) is 3.15. The van der Waals surface area contributed by atoms with Crippen LogP contribution < -0.4 is 5.73 Å². The van der Waals surface area contributed by atoms with Crippen LogP contribution in [0.1, 0.15) is 5.01 Å². The van der Waals surface area contributed by atoms with Gasteiger partial charge < -0.3 is 5.73 Å². The molecule has 0 fully saturated rings. The molecule has 2 N–H and O–H groups in total. The number of carbonyl (C=O) groups excluding carboxylic acids is 1. The maximum absolute atomic E-state index is 12.7. The van der Waals surface area contributed by atoms with Crippen LogP contribution in [0, 0.1) is 5.82 Å². The van der Waals surface area contributed by atoms with Crippen LogP contribution in [0.3, 0.4) is 0 Å². The summed E-state index contributed by atoms with van der Waals surface area (Å²) in [5, 5.41) is 8.95. The zero-order valence-corrected chi connectivity index (χ0v) is 9.00. The lowest BCUT2D eigenvalue weighted by Crippen LogP contribution is -2.13. The number of primary amides is 1. The van der Waals surface area contributed by atoms with E-state index in [2.05, 4.69) is 10.2 Å². The molecule has 0 radical (unpaired) electrons. The zero-order valence-electron chi connectivity index (χ0n) is 8.18. The summed E-state index contributed by atoms with van der Waals surface area (Å²) in [6.07, 6.45) is 0.0822. The van der Waals surface area contributed by atoms with Gasteiger partial charge in [-0.25, -0.2) is 4.39 Å². The third kappa shape index (κ3) is 2.40. The number of aromatic nitrogens is 2. The quantitative estimate of drug-likeness (QED) is 0.876. The molecule has 1 aromatic carbocycles. The minimum atomic E-state index is -0.443. The monoisotopic (exact) mass is 237 g/mol. The number of benzene rings is 1. The van der Waals surface area contributed by atoms with Gasteiger partial charge in [-0.15, -0.1) is 10.2 Å². The van der Waals surface area contributed by atoms with Crippen molar-refractivity contribution in [2.24, 2.45) is 5.73 Å². The number of halogens is 1. The van der Waals surface area contributed by atoms with E-state index < -0.39 is 5.91 Å². The van der Waals surface area contributed by atoms with Gasteiger partial charge in [0, 0.05) is 5.56 Å². The highest BCUT2D eigenvalue weighted by atomic mass is 32.1. The van der Waals surface area contributed by atoms with E-state index in [-0.39, 0.29) is 12.2 Å². The summed E-state index contributed by atoms with van der Waals surface area (Å²) in [4.78, 5) is 10.7. The van der Waals surface area contributed by atoms with Crippen LogP contribution in [0.25, 0.3) is 10.6 Å². The first kappa shape index (κ1) is 10.7. The minimum absolute atomic E-state index is 0.0822. The number of carbonyl (C=O) groups is 1. The fraction of sp³-hybridized carbons (Fsp3) is 0.100. The molecular weight excluding hydrogens is 229 g/mol. The first-order chi connectivity index (χ1) is 7.65. The number of hydrogen-bond acceptors (Lipinski definition) is 4. The van der Waals surface area contributed by atoms with E-state index in [4.69, 9.17) is 5.73 Å². The molecule has 0 aliphatic carbocycles. The SMILES string of the molecule is NC(=O)Cc1nnc(-c2ccc(F)cc2)s1. The van der Waals surface area contributed by atoms with Gasteiger partial charge in [-0.3, -0.25) is 4.79 Å². The second kappa shape index (κ2) is 4.36. The Labute approximate surface area is 94.9 Å². The Morgan fingerprint density at radius 3 is 2.62 bits per heavy atom. The summed E-state index contributed by atoms with van der Waals surface area (Å²) in [5.41, 5.74) is 5.82. The molecule has 6 heteroatoms. The lowest BCUT2D eigenvalue weighted by Gasteiger charge is -1.93. The van der Waals surface area contributed by atoms with E-state index in [0.29, 0.717) is 10.0 Å². The highest BCUT2D eigenvalue weighted by Gasteiger charge is 2.08. The van der Waals surface area contributed by atoms with Crippen LogP contribution in [0.2, 0.25) is 0 Å². The van der Waals surface area contributed by atoms with Crippen molar-refractivity contribution in [1.82, 2.24) is 10.2 Å². The first-order valence-electron chi connectivity index (χ1n) is 4.52. The Hall–Kier alpha value is -1.82. The van der Waals surface area contributed by atoms with E-state index in [1.165, 1.54) is 23.5 Å². The van der Waals surface area contributed by atoms with E-state index in [1.807, 2.05) is 0 Å². The zero-order chi connectivity index (χ0) is 11.5. The van der Waals surface area contributed by atoms with Crippen molar-refractivity contribution in [3.63, 3.8) is 0 Å². The number of hydrogen-bond donors (Lipinski definition) is 1. The predicted octanol–water partition coefficient (Wildman–Crippen LogP) is 1.37. The standard InChI is InChI=1S/C10H8FN3OS/c11-7-3-1-6(2-4-7)10-14-13-9(16-10)5-8(12)15/h1-4H,5H2,(H2,12,15). The average molecular weight is 237 g/mol. The highest BCUT2D eigenvalue weighted by molar-refractivity contribution is 7.14. The molecule has 1 aromatic heterocycles. The molecule has 0 spiro atoms. The Bertz CT molecular complexity index is 509. The maximum Gasteiger partial charge on any atom is 0.224 e. The van der Waals surface area contributed by atoms with Gasteiger partial charge in [0.15, 0.2) is 0 Å². The third-order valence-corrected chi connectivity index (χ3v) is 2.86. The second-order valence-corrected chi connectivity index (χ2v) is 4.21. The van der Waals surface area contributed by atoms with Crippen molar-refractivity contribution < 1.29 is 9.18 Å². The summed E-state index contributed by atoms with van der Waals surface area (Å²) < 4.78 is 12.7. The fourth-order valence-corrected chi connectivity index (χ4v) is 2.04. The molecule has 0 saturated heterocycles. The first-order valence-corrected chi connectivity index (χ1v) is 5.33. The van der Waals surface area contributed by atoms with Gasteiger partial charge in [0.2, 0.25) is 5.91 Å². The third-order valence-electron chi connectivity index (χ3n) is 1.88.